The van der Waals surface area contributed by atoms with Gasteiger partial charge in [0.15, 0.2) is 0 Å². The smallest absolute Gasteiger partial charge is 0.306 e. The van der Waals surface area contributed by atoms with Crippen molar-refractivity contribution in [2.75, 3.05) is 18.0 Å². The third kappa shape index (κ3) is 4.62. The van der Waals surface area contributed by atoms with Gasteiger partial charge in [0.1, 0.15) is 11.9 Å². The van der Waals surface area contributed by atoms with Crippen LogP contribution in [0.1, 0.15) is 31.2 Å². The molecule has 1 N–H and O–H groups in total. The number of nitrogens with zero attached hydrogens (tertiary/aromatic N) is 1. The highest BCUT2D eigenvalue weighted by Gasteiger charge is 2.42. The van der Waals surface area contributed by atoms with E-state index in [1.807, 2.05) is 30.3 Å². The average molecular weight is 365 g/mol. The van der Waals surface area contributed by atoms with Crippen molar-refractivity contribution in [1.82, 2.24) is 0 Å². The second kappa shape index (κ2) is 8.03. The summed E-state index contributed by atoms with van der Waals surface area (Å²) >= 11 is 0. The van der Waals surface area contributed by atoms with Crippen LogP contribution in [-0.2, 0) is 11.2 Å². The zero-order valence-electron chi connectivity index (χ0n) is 15.6. The number of anilines is 1. The highest BCUT2D eigenvalue weighted by Crippen LogP contribution is 2.42. The molecule has 1 saturated carbocycles. The van der Waals surface area contributed by atoms with Crippen LogP contribution in [0.5, 0.6) is 5.75 Å². The van der Waals surface area contributed by atoms with Crippen molar-refractivity contribution in [3.63, 3.8) is 0 Å². The predicted octanol–water partition coefficient (Wildman–Crippen LogP) is 4.39. The number of hydrogen-bond donors (Lipinski definition) is 1. The number of aryl methyl sites for hydroxylation is 1. The fourth-order valence-electron chi connectivity index (χ4n) is 4.05. The quantitative estimate of drug-likeness (QED) is 0.791. The molecule has 142 valence electrons. The molecule has 1 heterocycles. The summed E-state index contributed by atoms with van der Waals surface area (Å²) in [6.07, 6.45) is 5.25. The second-order valence-electron chi connectivity index (χ2n) is 7.79. The summed E-state index contributed by atoms with van der Waals surface area (Å²) in [7, 11) is 0. The van der Waals surface area contributed by atoms with E-state index in [-0.39, 0.29) is 12.0 Å². The van der Waals surface area contributed by atoms with Gasteiger partial charge in [0.05, 0.1) is 12.5 Å². The van der Waals surface area contributed by atoms with Gasteiger partial charge >= 0.3 is 5.97 Å². The van der Waals surface area contributed by atoms with Crippen LogP contribution < -0.4 is 9.64 Å². The summed E-state index contributed by atoms with van der Waals surface area (Å²) < 4.78 is 6.14. The molecule has 0 aromatic heterocycles. The first kappa shape index (κ1) is 17.9. The van der Waals surface area contributed by atoms with Crippen LogP contribution in [0.15, 0.2) is 54.6 Å². The molecule has 0 unspecified atom stereocenters. The predicted molar refractivity (Wildman–Crippen MR) is 106 cm³/mol. The summed E-state index contributed by atoms with van der Waals surface area (Å²) in [6, 6.07) is 18.8. The molecule has 1 saturated heterocycles. The average Bonchev–Trinajstić information content (AvgIpc) is 3.48. The molecule has 4 rings (SSSR count). The first-order valence-corrected chi connectivity index (χ1v) is 9.97. The number of carbonyl (C=O) groups is 1. The maximum absolute atomic E-state index is 10.9. The molecule has 0 bridgehead atoms. The minimum absolute atomic E-state index is 0.0980. The molecule has 4 heteroatoms. The van der Waals surface area contributed by atoms with E-state index in [4.69, 9.17) is 9.84 Å². The summed E-state index contributed by atoms with van der Waals surface area (Å²) in [4.78, 5) is 13.3. The Kier molecular flexibility index (Phi) is 5.33. The fourth-order valence-corrected chi connectivity index (χ4v) is 4.05. The number of carboxylic acid groups (broad SMARTS) is 1. The largest absolute Gasteiger partial charge is 0.489 e. The zero-order chi connectivity index (χ0) is 18.6. The number of rotatable bonds is 7. The molecule has 2 aromatic carbocycles. The Hall–Kier alpha value is -2.49. The van der Waals surface area contributed by atoms with Crippen molar-refractivity contribution in [2.24, 2.45) is 11.8 Å². The van der Waals surface area contributed by atoms with Gasteiger partial charge in [0.2, 0.25) is 0 Å². The molecule has 0 radical (unpaired) electrons. The molecule has 27 heavy (non-hydrogen) atoms. The Morgan fingerprint density at radius 1 is 1.11 bits per heavy atom. The van der Waals surface area contributed by atoms with Crippen LogP contribution in [0, 0.1) is 11.8 Å². The van der Waals surface area contributed by atoms with E-state index in [0.717, 1.165) is 50.9 Å². The Bertz CT molecular complexity index is 759. The lowest BCUT2D eigenvalue weighted by Crippen LogP contribution is -2.41. The van der Waals surface area contributed by atoms with Crippen molar-refractivity contribution in [2.45, 2.75) is 38.2 Å². The number of hydrogen-bond acceptors (Lipinski definition) is 3. The molecule has 1 aliphatic heterocycles. The molecule has 4 nitrogen and oxygen atoms in total. The van der Waals surface area contributed by atoms with Crippen LogP contribution in [0.4, 0.5) is 5.69 Å². The summed E-state index contributed by atoms with van der Waals surface area (Å²) in [5.41, 5.74) is 2.54. The SMILES string of the molecule is O=C(O)[C@@H]1C[C@H]1CCc1ccc(N2CCC[C@H](Oc3ccccc3)C2)cc1. The first-order valence-electron chi connectivity index (χ1n) is 9.97. The Balaban J connectivity index is 1.29. The van der Waals surface area contributed by atoms with E-state index >= 15 is 0 Å². The topological polar surface area (TPSA) is 49.8 Å². The zero-order valence-corrected chi connectivity index (χ0v) is 15.6. The van der Waals surface area contributed by atoms with Crippen molar-refractivity contribution in [3.8, 4) is 5.75 Å². The van der Waals surface area contributed by atoms with Crippen molar-refractivity contribution < 1.29 is 14.6 Å². The highest BCUT2D eigenvalue weighted by molar-refractivity contribution is 5.73. The third-order valence-corrected chi connectivity index (χ3v) is 5.77. The highest BCUT2D eigenvalue weighted by atomic mass is 16.5. The van der Waals surface area contributed by atoms with E-state index < -0.39 is 5.97 Å². The number of para-hydroxylation sites is 1. The molecular formula is C23H27NO3. The molecule has 1 aliphatic carbocycles. The molecule has 3 atom stereocenters. The molecule has 2 aromatic rings. The van der Waals surface area contributed by atoms with E-state index in [9.17, 15) is 4.79 Å². The minimum atomic E-state index is -0.632. The van der Waals surface area contributed by atoms with E-state index in [1.165, 1.54) is 11.3 Å². The van der Waals surface area contributed by atoms with Gasteiger partial charge in [0.25, 0.3) is 0 Å². The first-order chi connectivity index (χ1) is 13.2. The van der Waals surface area contributed by atoms with Gasteiger partial charge in [0, 0.05) is 12.2 Å². The molecular weight excluding hydrogens is 338 g/mol. The Morgan fingerprint density at radius 2 is 1.89 bits per heavy atom. The fraction of sp³-hybridized carbons (Fsp3) is 0.435. The van der Waals surface area contributed by atoms with Gasteiger partial charge in [-0.3, -0.25) is 4.79 Å². The number of ether oxygens (including phenoxy) is 1. The Labute approximate surface area is 160 Å². The van der Waals surface area contributed by atoms with Crippen LogP contribution in [0.2, 0.25) is 0 Å². The lowest BCUT2D eigenvalue weighted by molar-refractivity contribution is -0.138. The van der Waals surface area contributed by atoms with Gasteiger partial charge in [-0.25, -0.2) is 0 Å². The van der Waals surface area contributed by atoms with Crippen molar-refractivity contribution in [1.29, 1.82) is 0 Å². The molecule has 0 amide bonds. The van der Waals surface area contributed by atoms with Crippen LogP contribution >= 0.6 is 0 Å². The van der Waals surface area contributed by atoms with Gasteiger partial charge in [-0.15, -0.1) is 0 Å². The molecule has 0 spiro atoms. The third-order valence-electron chi connectivity index (χ3n) is 5.77. The van der Waals surface area contributed by atoms with Crippen LogP contribution in [0.25, 0.3) is 0 Å². The van der Waals surface area contributed by atoms with Gasteiger partial charge < -0.3 is 14.7 Å². The summed E-state index contributed by atoms with van der Waals surface area (Å²) in [5, 5.41) is 9.00. The van der Waals surface area contributed by atoms with Crippen molar-refractivity contribution in [3.05, 3.63) is 60.2 Å². The van der Waals surface area contributed by atoms with E-state index in [2.05, 4.69) is 29.2 Å². The summed E-state index contributed by atoms with van der Waals surface area (Å²) in [5.74, 6) is 0.589. The van der Waals surface area contributed by atoms with Crippen LogP contribution in [-0.4, -0.2) is 30.3 Å². The van der Waals surface area contributed by atoms with Gasteiger partial charge in [-0.1, -0.05) is 30.3 Å². The molecule has 2 fully saturated rings. The summed E-state index contributed by atoms with van der Waals surface area (Å²) in [6.45, 7) is 1.98. The van der Waals surface area contributed by atoms with Crippen molar-refractivity contribution >= 4 is 11.7 Å². The minimum Gasteiger partial charge on any atom is -0.489 e. The standard InChI is InChI=1S/C23H27NO3/c25-23(26)22-15-18(22)11-8-17-9-12-19(13-10-17)24-14-4-7-21(16-24)27-20-5-2-1-3-6-20/h1-3,5-6,9-10,12-13,18,21-22H,4,7-8,11,14-16H2,(H,25,26)/t18-,21+,22-/m1/s1. The van der Waals surface area contributed by atoms with Gasteiger partial charge in [-0.2, -0.15) is 0 Å². The lowest BCUT2D eigenvalue weighted by Gasteiger charge is -2.34. The molecule has 2 aliphatic rings. The lowest BCUT2D eigenvalue weighted by atomic mass is 10.0. The van der Waals surface area contributed by atoms with Crippen LogP contribution in [0.3, 0.4) is 0 Å². The maximum atomic E-state index is 10.9. The normalized spacial score (nSPS) is 24.4. The monoisotopic (exact) mass is 365 g/mol. The van der Waals surface area contributed by atoms with E-state index in [1.54, 1.807) is 0 Å². The van der Waals surface area contributed by atoms with Gasteiger partial charge in [-0.05, 0) is 67.9 Å². The number of piperidine rings is 1. The maximum Gasteiger partial charge on any atom is 0.306 e. The Morgan fingerprint density at radius 3 is 2.59 bits per heavy atom. The van der Waals surface area contributed by atoms with E-state index in [0.29, 0.717) is 5.92 Å². The number of benzene rings is 2. The number of carboxylic acids is 1. The second-order valence-corrected chi connectivity index (χ2v) is 7.79. The number of aliphatic carboxylic acids is 1.